The Morgan fingerprint density at radius 3 is 2.50 bits per heavy atom. The number of fused-ring (bicyclic) bond motifs is 1. The first-order valence-corrected chi connectivity index (χ1v) is 8.25. The fourth-order valence-electron chi connectivity index (χ4n) is 2.18. The van der Waals surface area contributed by atoms with E-state index in [1.165, 1.54) is 4.90 Å². The van der Waals surface area contributed by atoms with E-state index in [2.05, 4.69) is 0 Å². The van der Waals surface area contributed by atoms with Gasteiger partial charge in [0.05, 0.1) is 0 Å². The topological polar surface area (TPSA) is 35.5 Å². The van der Waals surface area contributed by atoms with Crippen molar-refractivity contribution in [3.8, 4) is 11.5 Å². The fourth-order valence-corrected chi connectivity index (χ4v) is 2.59. The SMILES string of the molecule is CSc1ccc(C=CC(=O)c2ccc3c(c2)OCCO3)cc1. The molecule has 0 amide bonds. The summed E-state index contributed by atoms with van der Waals surface area (Å²) in [6.07, 6.45) is 5.44. The molecule has 22 heavy (non-hydrogen) atoms. The van der Waals surface area contributed by atoms with Crippen molar-refractivity contribution in [1.29, 1.82) is 0 Å². The summed E-state index contributed by atoms with van der Waals surface area (Å²) < 4.78 is 11.0. The average molecular weight is 312 g/mol. The minimum atomic E-state index is -0.0501. The maximum absolute atomic E-state index is 12.2. The Balaban J connectivity index is 1.74. The molecular weight excluding hydrogens is 296 g/mol. The Morgan fingerprint density at radius 2 is 1.77 bits per heavy atom. The van der Waals surface area contributed by atoms with E-state index < -0.39 is 0 Å². The Morgan fingerprint density at radius 1 is 1.05 bits per heavy atom. The molecule has 0 atom stereocenters. The lowest BCUT2D eigenvalue weighted by atomic mass is 10.1. The molecule has 0 aliphatic carbocycles. The third kappa shape index (κ3) is 3.34. The van der Waals surface area contributed by atoms with Crippen LogP contribution in [0.1, 0.15) is 15.9 Å². The Kier molecular flexibility index (Phi) is 4.49. The maximum Gasteiger partial charge on any atom is 0.185 e. The molecule has 1 aliphatic rings. The van der Waals surface area contributed by atoms with Crippen molar-refractivity contribution in [3.63, 3.8) is 0 Å². The van der Waals surface area contributed by atoms with E-state index in [1.54, 1.807) is 36.0 Å². The van der Waals surface area contributed by atoms with Crippen molar-refractivity contribution in [2.75, 3.05) is 19.5 Å². The number of carbonyl (C=O) groups is 1. The Hall–Kier alpha value is -2.20. The van der Waals surface area contributed by atoms with Gasteiger partial charge in [-0.3, -0.25) is 4.79 Å². The van der Waals surface area contributed by atoms with Crippen molar-refractivity contribution in [2.24, 2.45) is 0 Å². The monoisotopic (exact) mass is 312 g/mol. The first kappa shape index (κ1) is 14.7. The second-order valence-corrected chi connectivity index (χ2v) is 5.71. The lowest BCUT2D eigenvalue weighted by Gasteiger charge is -2.18. The van der Waals surface area contributed by atoms with Crippen LogP contribution in [0.5, 0.6) is 11.5 Å². The van der Waals surface area contributed by atoms with Crippen LogP contribution >= 0.6 is 11.8 Å². The molecule has 3 rings (SSSR count). The lowest BCUT2D eigenvalue weighted by molar-refractivity contribution is 0.104. The molecule has 112 valence electrons. The van der Waals surface area contributed by atoms with Gasteiger partial charge in [0.25, 0.3) is 0 Å². The fraction of sp³-hybridized carbons (Fsp3) is 0.167. The van der Waals surface area contributed by atoms with Crippen LogP contribution in [0, 0.1) is 0 Å². The van der Waals surface area contributed by atoms with E-state index in [0.717, 1.165) is 5.56 Å². The van der Waals surface area contributed by atoms with Crippen LogP contribution in [0.25, 0.3) is 6.08 Å². The molecular formula is C18H16O3S. The summed E-state index contributed by atoms with van der Waals surface area (Å²) in [7, 11) is 0. The van der Waals surface area contributed by atoms with Crippen molar-refractivity contribution in [3.05, 3.63) is 59.7 Å². The van der Waals surface area contributed by atoms with E-state index in [4.69, 9.17) is 9.47 Å². The van der Waals surface area contributed by atoms with Gasteiger partial charge in [-0.05, 0) is 48.2 Å². The minimum absolute atomic E-state index is 0.0501. The molecule has 0 N–H and O–H groups in total. The molecule has 4 heteroatoms. The highest BCUT2D eigenvalue weighted by atomic mass is 32.2. The number of ether oxygens (including phenoxy) is 2. The van der Waals surface area contributed by atoms with Crippen LogP contribution in [-0.2, 0) is 0 Å². The molecule has 0 fully saturated rings. The number of carbonyl (C=O) groups excluding carboxylic acids is 1. The molecule has 3 nitrogen and oxygen atoms in total. The normalized spacial score (nSPS) is 13.3. The standard InChI is InChI=1S/C18H16O3S/c1-22-15-6-2-13(3-7-15)4-8-16(19)14-5-9-17-18(12-14)21-11-10-20-17/h2-9,12H,10-11H2,1H3. The minimum Gasteiger partial charge on any atom is -0.486 e. The molecule has 1 aliphatic heterocycles. The third-order valence-corrected chi connectivity index (χ3v) is 4.11. The van der Waals surface area contributed by atoms with E-state index >= 15 is 0 Å². The van der Waals surface area contributed by atoms with Gasteiger partial charge in [0, 0.05) is 10.5 Å². The van der Waals surface area contributed by atoms with Gasteiger partial charge in [-0.1, -0.05) is 18.2 Å². The number of allylic oxidation sites excluding steroid dienone is 1. The first-order chi connectivity index (χ1) is 10.8. The number of thioether (sulfide) groups is 1. The predicted molar refractivity (Wildman–Crippen MR) is 89.0 cm³/mol. The van der Waals surface area contributed by atoms with Crippen molar-refractivity contribution < 1.29 is 14.3 Å². The van der Waals surface area contributed by atoms with E-state index in [-0.39, 0.29) is 5.78 Å². The molecule has 2 aromatic rings. The number of benzene rings is 2. The summed E-state index contributed by atoms with van der Waals surface area (Å²) in [5.74, 6) is 1.28. The summed E-state index contributed by atoms with van der Waals surface area (Å²) in [4.78, 5) is 13.4. The van der Waals surface area contributed by atoms with E-state index in [0.29, 0.717) is 30.3 Å². The highest BCUT2D eigenvalue weighted by Crippen LogP contribution is 2.31. The maximum atomic E-state index is 12.2. The van der Waals surface area contributed by atoms with Gasteiger partial charge in [0.1, 0.15) is 13.2 Å². The van der Waals surface area contributed by atoms with Crippen LogP contribution < -0.4 is 9.47 Å². The molecule has 0 radical (unpaired) electrons. The molecule has 0 saturated heterocycles. The highest BCUT2D eigenvalue weighted by Gasteiger charge is 2.13. The van der Waals surface area contributed by atoms with Gasteiger partial charge in [0.15, 0.2) is 17.3 Å². The zero-order valence-corrected chi connectivity index (χ0v) is 13.1. The predicted octanol–water partition coefficient (Wildman–Crippen LogP) is 4.08. The number of rotatable bonds is 4. The quantitative estimate of drug-likeness (QED) is 0.484. The second kappa shape index (κ2) is 6.71. The highest BCUT2D eigenvalue weighted by molar-refractivity contribution is 7.98. The molecule has 1 heterocycles. The average Bonchev–Trinajstić information content (AvgIpc) is 2.59. The summed E-state index contributed by atoms with van der Waals surface area (Å²) >= 11 is 1.70. The molecule has 0 spiro atoms. The van der Waals surface area contributed by atoms with Crippen LogP contribution in [0.2, 0.25) is 0 Å². The van der Waals surface area contributed by atoms with Gasteiger partial charge in [-0.2, -0.15) is 0 Å². The zero-order valence-electron chi connectivity index (χ0n) is 12.2. The number of hydrogen-bond donors (Lipinski definition) is 0. The van der Waals surface area contributed by atoms with Gasteiger partial charge in [-0.25, -0.2) is 0 Å². The van der Waals surface area contributed by atoms with Crippen molar-refractivity contribution >= 4 is 23.6 Å². The van der Waals surface area contributed by atoms with Gasteiger partial charge in [0.2, 0.25) is 0 Å². The van der Waals surface area contributed by atoms with Gasteiger partial charge in [-0.15, -0.1) is 11.8 Å². The van der Waals surface area contributed by atoms with Crippen LogP contribution in [0.15, 0.2) is 53.4 Å². The zero-order chi connectivity index (χ0) is 15.4. The first-order valence-electron chi connectivity index (χ1n) is 7.02. The Bertz CT molecular complexity index is 705. The Labute approximate surface area is 133 Å². The summed E-state index contributed by atoms with van der Waals surface area (Å²) in [6, 6.07) is 13.4. The lowest BCUT2D eigenvalue weighted by Crippen LogP contribution is -2.15. The van der Waals surface area contributed by atoms with Crippen LogP contribution in [0.3, 0.4) is 0 Å². The molecule has 0 saturated carbocycles. The van der Waals surface area contributed by atoms with Gasteiger partial charge < -0.3 is 9.47 Å². The largest absolute Gasteiger partial charge is 0.486 e. The molecule has 0 bridgehead atoms. The number of ketones is 1. The smallest absolute Gasteiger partial charge is 0.185 e. The third-order valence-electron chi connectivity index (χ3n) is 3.37. The van der Waals surface area contributed by atoms with Crippen LogP contribution in [0.4, 0.5) is 0 Å². The van der Waals surface area contributed by atoms with Crippen LogP contribution in [-0.4, -0.2) is 25.3 Å². The summed E-state index contributed by atoms with van der Waals surface area (Å²) in [6.45, 7) is 1.06. The van der Waals surface area contributed by atoms with E-state index in [1.807, 2.05) is 36.6 Å². The molecule has 0 unspecified atom stereocenters. The summed E-state index contributed by atoms with van der Waals surface area (Å²) in [5, 5.41) is 0. The molecule has 2 aromatic carbocycles. The van der Waals surface area contributed by atoms with Gasteiger partial charge >= 0.3 is 0 Å². The number of hydrogen-bond acceptors (Lipinski definition) is 4. The van der Waals surface area contributed by atoms with E-state index in [9.17, 15) is 4.79 Å². The summed E-state index contributed by atoms with van der Waals surface area (Å²) in [5.41, 5.74) is 1.60. The second-order valence-electron chi connectivity index (χ2n) is 4.83. The molecule has 0 aromatic heterocycles. The van der Waals surface area contributed by atoms with Crippen molar-refractivity contribution in [2.45, 2.75) is 4.90 Å². The van der Waals surface area contributed by atoms with Crippen molar-refractivity contribution in [1.82, 2.24) is 0 Å².